The molecule has 0 radical (unpaired) electrons. The van der Waals surface area contributed by atoms with Crippen molar-refractivity contribution in [1.29, 1.82) is 0 Å². The zero-order valence-corrected chi connectivity index (χ0v) is 11.8. The summed E-state index contributed by atoms with van der Waals surface area (Å²) in [7, 11) is -3.92. The second-order valence-corrected chi connectivity index (χ2v) is 6.38. The zero-order chi connectivity index (χ0) is 14.9. The molecule has 0 saturated carbocycles. The van der Waals surface area contributed by atoms with Gasteiger partial charge in [-0.3, -0.25) is 0 Å². The first-order valence-electron chi connectivity index (χ1n) is 6.15. The van der Waals surface area contributed by atoms with E-state index in [0.29, 0.717) is 13.1 Å². The number of primary sulfonamides is 1. The number of nitrogens with two attached hydrogens (primary N) is 1. The molecular formula is C12H17FN2O4S. The lowest BCUT2D eigenvalue weighted by atomic mass is 10.2. The van der Waals surface area contributed by atoms with Crippen molar-refractivity contribution in [3.8, 4) is 0 Å². The number of rotatable bonds is 3. The molecule has 2 unspecified atom stereocenters. The Bertz CT molecular complexity index is 593. The number of aliphatic hydroxyl groups excluding tert-OH is 1. The van der Waals surface area contributed by atoms with Gasteiger partial charge in [0, 0.05) is 13.1 Å². The molecule has 1 aromatic carbocycles. The minimum Gasteiger partial charge on any atom is -0.394 e. The number of hydrogen-bond donors (Lipinski definition) is 2. The highest BCUT2D eigenvalue weighted by molar-refractivity contribution is 7.89. The minimum atomic E-state index is -3.92. The summed E-state index contributed by atoms with van der Waals surface area (Å²) in [6, 6.07) is 3.54. The Morgan fingerprint density at radius 1 is 1.50 bits per heavy atom. The van der Waals surface area contributed by atoms with Crippen LogP contribution in [0, 0.1) is 5.82 Å². The molecule has 0 aromatic heterocycles. The summed E-state index contributed by atoms with van der Waals surface area (Å²) in [5.41, 5.74) is 0.269. The van der Waals surface area contributed by atoms with Gasteiger partial charge in [-0.05, 0) is 25.1 Å². The number of morpholine rings is 1. The SMILES string of the molecule is CC1CN(c2ccc(S(N)(=O)=O)cc2F)CC(CO)O1. The van der Waals surface area contributed by atoms with Gasteiger partial charge in [0.05, 0.1) is 29.4 Å². The second kappa shape index (κ2) is 5.65. The summed E-state index contributed by atoms with van der Waals surface area (Å²) in [5.74, 6) is -0.665. The van der Waals surface area contributed by atoms with Crippen LogP contribution < -0.4 is 10.0 Å². The van der Waals surface area contributed by atoms with Crippen LogP contribution in [0.3, 0.4) is 0 Å². The van der Waals surface area contributed by atoms with Crippen molar-refractivity contribution >= 4 is 15.7 Å². The van der Waals surface area contributed by atoms with Crippen LogP contribution in [-0.2, 0) is 14.8 Å². The van der Waals surface area contributed by atoms with Gasteiger partial charge in [-0.1, -0.05) is 0 Å². The summed E-state index contributed by atoms with van der Waals surface area (Å²) in [5, 5.41) is 14.1. The van der Waals surface area contributed by atoms with Gasteiger partial charge in [-0.15, -0.1) is 0 Å². The predicted molar refractivity (Wildman–Crippen MR) is 71.4 cm³/mol. The third-order valence-electron chi connectivity index (χ3n) is 3.12. The van der Waals surface area contributed by atoms with Crippen LogP contribution in [-0.4, -0.2) is 45.4 Å². The highest BCUT2D eigenvalue weighted by atomic mass is 32.2. The number of halogens is 1. The highest BCUT2D eigenvalue weighted by Gasteiger charge is 2.26. The quantitative estimate of drug-likeness (QED) is 0.823. The van der Waals surface area contributed by atoms with E-state index < -0.39 is 21.9 Å². The fourth-order valence-corrected chi connectivity index (χ4v) is 2.79. The lowest BCUT2D eigenvalue weighted by Crippen LogP contribution is -2.48. The summed E-state index contributed by atoms with van der Waals surface area (Å²) >= 11 is 0. The Hall–Kier alpha value is -1.22. The van der Waals surface area contributed by atoms with Crippen LogP contribution in [0.25, 0.3) is 0 Å². The lowest BCUT2D eigenvalue weighted by molar-refractivity contribution is -0.0422. The lowest BCUT2D eigenvalue weighted by Gasteiger charge is -2.37. The number of nitrogens with zero attached hydrogens (tertiary/aromatic N) is 1. The number of anilines is 1. The molecule has 6 nitrogen and oxygen atoms in total. The van der Waals surface area contributed by atoms with E-state index in [2.05, 4.69) is 0 Å². The van der Waals surface area contributed by atoms with Gasteiger partial charge < -0.3 is 14.7 Å². The Morgan fingerprint density at radius 3 is 2.75 bits per heavy atom. The van der Waals surface area contributed by atoms with Crippen LogP contribution in [0.2, 0.25) is 0 Å². The normalized spacial score (nSPS) is 23.9. The molecule has 0 amide bonds. The van der Waals surface area contributed by atoms with E-state index in [1.54, 1.807) is 4.90 Å². The average Bonchev–Trinajstić information content (AvgIpc) is 2.36. The monoisotopic (exact) mass is 304 g/mol. The summed E-state index contributed by atoms with van der Waals surface area (Å²) < 4.78 is 41.9. The molecule has 1 aliphatic rings. The largest absolute Gasteiger partial charge is 0.394 e. The topological polar surface area (TPSA) is 92.9 Å². The number of ether oxygens (including phenoxy) is 1. The fourth-order valence-electron chi connectivity index (χ4n) is 2.26. The van der Waals surface area contributed by atoms with E-state index in [1.165, 1.54) is 12.1 Å². The van der Waals surface area contributed by atoms with Gasteiger partial charge in [0.2, 0.25) is 10.0 Å². The van der Waals surface area contributed by atoms with Crippen molar-refractivity contribution in [1.82, 2.24) is 0 Å². The molecule has 3 N–H and O–H groups in total. The van der Waals surface area contributed by atoms with E-state index in [9.17, 15) is 12.8 Å². The van der Waals surface area contributed by atoms with Crippen molar-refractivity contribution in [3.05, 3.63) is 24.0 Å². The van der Waals surface area contributed by atoms with E-state index >= 15 is 0 Å². The van der Waals surface area contributed by atoms with E-state index in [4.69, 9.17) is 15.0 Å². The van der Waals surface area contributed by atoms with Gasteiger partial charge in [0.15, 0.2) is 0 Å². The Balaban J connectivity index is 2.29. The van der Waals surface area contributed by atoms with Crippen LogP contribution >= 0.6 is 0 Å². The first kappa shape index (κ1) is 15.2. The molecule has 2 rings (SSSR count). The van der Waals surface area contributed by atoms with E-state index in [0.717, 1.165) is 6.07 Å². The van der Waals surface area contributed by atoms with Gasteiger partial charge in [-0.25, -0.2) is 17.9 Å². The molecule has 1 heterocycles. The maximum atomic E-state index is 14.1. The molecule has 8 heteroatoms. The Kier molecular flexibility index (Phi) is 4.28. The molecule has 0 spiro atoms. The third kappa shape index (κ3) is 3.26. The number of aliphatic hydroxyl groups is 1. The summed E-state index contributed by atoms with van der Waals surface area (Å²) in [6.07, 6.45) is -0.547. The third-order valence-corrected chi connectivity index (χ3v) is 4.03. The molecule has 2 atom stereocenters. The molecule has 0 aliphatic carbocycles. The number of sulfonamides is 1. The summed E-state index contributed by atoms with van der Waals surface area (Å²) in [4.78, 5) is 1.45. The zero-order valence-electron chi connectivity index (χ0n) is 11.0. The van der Waals surface area contributed by atoms with Crippen molar-refractivity contribution in [3.63, 3.8) is 0 Å². The van der Waals surface area contributed by atoms with Gasteiger partial charge in [-0.2, -0.15) is 0 Å². The van der Waals surface area contributed by atoms with Gasteiger partial charge in [0.1, 0.15) is 5.82 Å². The molecule has 112 valence electrons. The molecule has 1 aliphatic heterocycles. The van der Waals surface area contributed by atoms with Crippen LogP contribution in [0.15, 0.2) is 23.1 Å². The summed E-state index contributed by atoms with van der Waals surface area (Å²) in [6.45, 7) is 2.47. The van der Waals surface area contributed by atoms with Crippen molar-refractivity contribution in [2.45, 2.75) is 24.0 Å². The average molecular weight is 304 g/mol. The maximum absolute atomic E-state index is 14.1. The molecule has 1 fully saturated rings. The molecule has 20 heavy (non-hydrogen) atoms. The second-order valence-electron chi connectivity index (χ2n) is 4.81. The fraction of sp³-hybridized carbons (Fsp3) is 0.500. The van der Waals surface area contributed by atoms with Crippen LogP contribution in [0.4, 0.5) is 10.1 Å². The standard InChI is InChI=1S/C12H17FN2O4S/c1-8-5-15(6-9(7-16)19-8)12-3-2-10(4-11(12)13)20(14,17)18/h2-4,8-9,16H,5-7H2,1H3,(H2,14,17,18). The Labute approximate surface area is 117 Å². The van der Waals surface area contributed by atoms with Gasteiger partial charge in [0.25, 0.3) is 0 Å². The predicted octanol–water partition coefficient (Wildman–Crippen LogP) is 0.0591. The molecule has 1 saturated heterocycles. The van der Waals surface area contributed by atoms with Crippen molar-refractivity contribution in [2.24, 2.45) is 5.14 Å². The minimum absolute atomic E-state index is 0.154. The van der Waals surface area contributed by atoms with Crippen molar-refractivity contribution < 1.29 is 22.7 Å². The van der Waals surface area contributed by atoms with Crippen molar-refractivity contribution in [2.75, 3.05) is 24.6 Å². The number of hydrogen-bond acceptors (Lipinski definition) is 5. The molecular weight excluding hydrogens is 287 g/mol. The number of benzene rings is 1. The van der Waals surface area contributed by atoms with E-state index in [1.807, 2.05) is 6.92 Å². The van der Waals surface area contributed by atoms with Crippen LogP contribution in [0.1, 0.15) is 6.92 Å². The molecule has 0 bridgehead atoms. The van der Waals surface area contributed by atoms with Crippen LogP contribution in [0.5, 0.6) is 0 Å². The smallest absolute Gasteiger partial charge is 0.238 e. The van der Waals surface area contributed by atoms with Gasteiger partial charge >= 0.3 is 0 Å². The maximum Gasteiger partial charge on any atom is 0.238 e. The Morgan fingerprint density at radius 2 is 2.20 bits per heavy atom. The first-order valence-corrected chi connectivity index (χ1v) is 7.69. The highest BCUT2D eigenvalue weighted by Crippen LogP contribution is 2.25. The van der Waals surface area contributed by atoms with E-state index in [-0.39, 0.29) is 23.3 Å². The molecule has 1 aromatic rings. The first-order chi connectivity index (χ1) is 9.31.